The molecule has 0 amide bonds. The van der Waals surface area contributed by atoms with Gasteiger partial charge in [-0.2, -0.15) is 0 Å². The summed E-state index contributed by atoms with van der Waals surface area (Å²) in [4.78, 5) is 2.55. The number of rotatable bonds is 3. The molecule has 2 fully saturated rings. The third kappa shape index (κ3) is 3.25. The van der Waals surface area contributed by atoms with E-state index in [9.17, 15) is 5.11 Å². The Morgan fingerprint density at radius 3 is 2.13 bits per heavy atom. The van der Waals surface area contributed by atoms with Crippen molar-refractivity contribution in [1.29, 1.82) is 0 Å². The summed E-state index contributed by atoms with van der Waals surface area (Å²) >= 11 is 0. The van der Waals surface area contributed by atoms with Crippen molar-refractivity contribution >= 4 is 21.5 Å². The normalized spacial score (nSPS) is 26.4. The minimum Gasteiger partial charge on any atom is -0.385 e. The van der Waals surface area contributed by atoms with Crippen molar-refractivity contribution in [2.45, 2.75) is 37.1 Å². The second-order valence-electron chi connectivity index (χ2n) is 9.13. The summed E-state index contributed by atoms with van der Waals surface area (Å²) in [6.45, 7) is 2.27. The summed E-state index contributed by atoms with van der Waals surface area (Å²) in [5.41, 5.74) is 1.54. The van der Waals surface area contributed by atoms with Gasteiger partial charge in [0.15, 0.2) is 0 Å². The molecule has 0 aromatic heterocycles. The molecule has 156 valence electrons. The monoisotopic (exact) mass is 409 g/mol. The van der Waals surface area contributed by atoms with Gasteiger partial charge < -0.3 is 9.84 Å². The summed E-state index contributed by atoms with van der Waals surface area (Å²) in [7, 11) is 0. The lowest BCUT2D eigenvalue weighted by Gasteiger charge is -2.52. The second kappa shape index (κ2) is 7.45. The summed E-state index contributed by atoms with van der Waals surface area (Å²) < 4.78 is 5.94. The van der Waals surface area contributed by atoms with Crippen molar-refractivity contribution in [3.05, 3.63) is 96.1 Å². The summed E-state index contributed by atoms with van der Waals surface area (Å²) in [5, 5.41) is 16.9. The van der Waals surface area contributed by atoms with Gasteiger partial charge in [-0.05, 0) is 51.6 Å². The molecule has 4 aromatic rings. The molecule has 2 atom stereocenters. The van der Waals surface area contributed by atoms with Gasteiger partial charge in [-0.25, -0.2) is 0 Å². The van der Waals surface area contributed by atoms with Gasteiger partial charge in [0.2, 0.25) is 0 Å². The third-order valence-corrected chi connectivity index (χ3v) is 7.18. The van der Waals surface area contributed by atoms with Gasteiger partial charge >= 0.3 is 0 Å². The highest BCUT2D eigenvalue weighted by Crippen LogP contribution is 2.45. The number of fused-ring (bicyclic) bond motifs is 5. The molecular weight excluding hydrogens is 382 g/mol. The van der Waals surface area contributed by atoms with Crippen LogP contribution in [0, 0.1) is 0 Å². The second-order valence-corrected chi connectivity index (χ2v) is 9.13. The van der Waals surface area contributed by atoms with Crippen LogP contribution in [-0.4, -0.2) is 35.3 Å². The van der Waals surface area contributed by atoms with Crippen LogP contribution in [-0.2, 0) is 16.9 Å². The molecule has 3 heteroatoms. The van der Waals surface area contributed by atoms with Crippen LogP contribution in [0.4, 0.5) is 0 Å². The first-order valence-corrected chi connectivity index (χ1v) is 11.2. The highest BCUT2D eigenvalue weighted by molar-refractivity contribution is 6.09. The third-order valence-electron chi connectivity index (χ3n) is 7.18. The van der Waals surface area contributed by atoms with Crippen LogP contribution in [0.3, 0.4) is 0 Å². The standard InChI is InChI=1S/C28H27NO2/c30-28(27-14-21-10-4-5-11-24(21)25-12-6-7-13-26(25)27)15-22-18-31-19-23(16-28)29(22)17-20-8-2-1-3-9-20/h1-14,22-23,30H,15-19H2. The Hall–Kier alpha value is -2.72. The van der Waals surface area contributed by atoms with Gasteiger partial charge in [0.25, 0.3) is 0 Å². The average molecular weight is 410 g/mol. The van der Waals surface area contributed by atoms with E-state index in [1.54, 1.807) is 0 Å². The molecule has 0 radical (unpaired) electrons. The van der Waals surface area contributed by atoms with Gasteiger partial charge in [-0.15, -0.1) is 0 Å². The lowest BCUT2D eigenvalue weighted by Crippen LogP contribution is -2.60. The van der Waals surface area contributed by atoms with Crippen molar-refractivity contribution in [3.63, 3.8) is 0 Å². The van der Waals surface area contributed by atoms with Crippen molar-refractivity contribution in [2.75, 3.05) is 13.2 Å². The zero-order valence-corrected chi connectivity index (χ0v) is 17.6. The number of hydrogen-bond donors (Lipinski definition) is 1. The molecule has 2 aliphatic heterocycles. The predicted molar refractivity (Wildman–Crippen MR) is 125 cm³/mol. The van der Waals surface area contributed by atoms with Crippen molar-refractivity contribution < 1.29 is 9.84 Å². The Kier molecular flexibility index (Phi) is 4.57. The van der Waals surface area contributed by atoms with Crippen LogP contribution in [0.25, 0.3) is 21.5 Å². The van der Waals surface area contributed by atoms with Crippen LogP contribution in [0.15, 0.2) is 84.9 Å². The van der Waals surface area contributed by atoms with E-state index >= 15 is 0 Å². The maximum atomic E-state index is 12.1. The van der Waals surface area contributed by atoms with Crippen LogP contribution < -0.4 is 0 Å². The number of aliphatic hydroxyl groups is 1. The molecule has 2 saturated heterocycles. The van der Waals surface area contributed by atoms with Crippen LogP contribution >= 0.6 is 0 Å². The van der Waals surface area contributed by atoms with Gasteiger partial charge in [0.1, 0.15) is 0 Å². The molecular formula is C28H27NO2. The molecule has 3 nitrogen and oxygen atoms in total. The van der Waals surface area contributed by atoms with Gasteiger partial charge in [0, 0.05) is 18.6 Å². The Balaban J connectivity index is 1.42. The topological polar surface area (TPSA) is 32.7 Å². The number of morpholine rings is 1. The van der Waals surface area contributed by atoms with Crippen LogP contribution in [0.2, 0.25) is 0 Å². The summed E-state index contributed by atoms with van der Waals surface area (Å²) in [6.07, 6.45) is 1.39. The number of ether oxygens (including phenoxy) is 1. The smallest absolute Gasteiger partial charge is 0.0934 e. The maximum Gasteiger partial charge on any atom is 0.0934 e. The quantitative estimate of drug-likeness (QED) is 0.470. The molecule has 31 heavy (non-hydrogen) atoms. The lowest BCUT2D eigenvalue weighted by molar-refractivity contribution is -0.149. The number of piperidine rings is 1. The predicted octanol–water partition coefficient (Wildman–Crippen LogP) is 5.24. The Labute approximate surface area is 182 Å². The molecule has 4 aromatic carbocycles. The van der Waals surface area contributed by atoms with E-state index in [1.165, 1.54) is 27.1 Å². The minimum absolute atomic E-state index is 0.211. The van der Waals surface area contributed by atoms with Crippen LogP contribution in [0.5, 0.6) is 0 Å². The van der Waals surface area contributed by atoms with Crippen molar-refractivity contribution in [3.8, 4) is 0 Å². The minimum atomic E-state index is -0.851. The van der Waals surface area contributed by atoms with E-state index in [0.29, 0.717) is 26.1 Å². The van der Waals surface area contributed by atoms with Crippen molar-refractivity contribution in [2.24, 2.45) is 0 Å². The highest BCUT2D eigenvalue weighted by atomic mass is 16.5. The summed E-state index contributed by atoms with van der Waals surface area (Å²) in [5.74, 6) is 0. The number of hydrogen-bond acceptors (Lipinski definition) is 3. The molecule has 2 unspecified atom stereocenters. The van der Waals surface area contributed by atoms with Crippen LogP contribution in [0.1, 0.15) is 24.0 Å². The van der Waals surface area contributed by atoms with Gasteiger partial charge in [0.05, 0.1) is 18.8 Å². The zero-order valence-electron chi connectivity index (χ0n) is 17.6. The van der Waals surface area contributed by atoms with Crippen molar-refractivity contribution in [1.82, 2.24) is 4.90 Å². The molecule has 2 heterocycles. The SMILES string of the molecule is OC1(c2cc3ccccc3c3ccccc23)CC2COCC(C1)N2Cc1ccccc1. The molecule has 2 bridgehead atoms. The number of benzene rings is 4. The number of nitrogens with zero attached hydrogens (tertiary/aromatic N) is 1. The average Bonchev–Trinajstić information content (AvgIpc) is 2.80. The van der Waals surface area contributed by atoms with E-state index < -0.39 is 5.60 Å². The fourth-order valence-electron chi connectivity index (χ4n) is 5.76. The summed E-state index contributed by atoms with van der Waals surface area (Å²) in [6, 6.07) is 30.3. The van der Waals surface area contributed by atoms with E-state index in [1.807, 2.05) is 0 Å². The first kappa shape index (κ1) is 19.0. The molecule has 0 spiro atoms. The van der Waals surface area contributed by atoms with Gasteiger partial charge in [-0.1, -0.05) is 78.9 Å². The Morgan fingerprint density at radius 1 is 0.774 bits per heavy atom. The first-order valence-electron chi connectivity index (χ1n) is 11.2. The molecule has 0 saturated carbocycles. The highest BCUT2D eigenvalue weighted by Gasteiger charge is 2.47. The lowest BCUT2D eigenvalue weighted by atomic mass is 9.74. The fourth-order valence-corrected chi connectivity index (χ4v) is 5.76. The first-order chi connectivity index (χ1) is 15.2. The van der Waals surface area contributed by atoms with E-state index in [4.69, 9.17) is 4.74 Å². The molecule has 6 rings (SSSR count). The van der Waals surface area contributed by atoms with E-state index in [0.717, 1.165) is 12.1 Å². The zero-order chi connectivity index (χ0) is 20.8. The van der Waals surface area contributed by atoms with E-state index in [-0.39, 0.29) is 12.1 Å². The Morgan fingerprint density at radius 2 is 1.39 bits per heavy atom. The molecule has 1 N–H and O–H groups in total. The fraction of sp³-hybridized carbons (Fsp3) is 0.286. The van der Waals surface area contributed by atoms with E-state index in [2.05, 4.69) is 89.8 Å². The van der Waals surface area contributed by atoms with Gasteiger partial charge in [-0.3, -0.25) is 4.90 Å². The Bertz CT molecular complexity index is 1220. The maximum absolute atomic E-state index is 12.1. The molecule has 2 aliphatic rings. The molecule has 0 aliphatic carbocycles. The largest absolute Gasteiger partial charge is 0.385 e.